The van der Waals surface area contributed by atoms with Crippen molar-refractivity contribution in [2.75, 3.05) is 5.32 Å². The van der Waals surface area contributed by atoms with Gasteiger partial charge < -0.3 is 10.6 Å². The molecule has 4 rings (SSSR count). The number of aryl methyl sites for hydroxylation is 1. The highest BCUT2D eigenvalue weighted by molar-refractivity contribution is 6.34. The van der Waals surface area contributed by atoms with Gasteiger partial charge in [0.25, 0.3) is 11.8 Å². The Morgan fingerprint density at radius 1 is 1.03 bits per heavy atom. The number of nitrogens with one attached hydrogen (secondary N) is 2. The Hall–Kier alpha value is -3.54. The summed E-state index contributed by atoms with van der Waals surface area (Å²) in [4.78, 5) is 25.5. The van der Waals surface area contributed by atoms with E-state index in [1.54, 1.807) is 0 Å². The fraction of sp³-hybridized carbons (Fsp3) is 0.261. The van der Waals surface area contributed by atoms with Crippen molar-refractivity contribution >= 4 is 29.1 Å². The van der Waals surface area contributed by atoms with Crippen molar-refractivity contribution in [2.45, 2.75) is 31.0 Å². The summed E-state index contributed by atoms with van der Waals surface area (Å²) < 4.78 is 82.4. The zero-order chi connectivity index (χ0) is 26.4. The lowest BCUT2D eigenvalue weighted by Crippen LogP contribution is -2.34. The smallest absolute Gasteiger partial charge is 0.349 e. The molecule has 1 aliphatic carbocycles. The van der Waals surface area contributed by atoms with Gasteiger partial charge >= 0.3 is 12.1 Å². The highest BCUT2D eigenvalue weighted by atomic mass is 35.5. The number of carbonyl (C=O) groups is 2. The largest absolute Gasteiger partial charge is 0.459 e. The molecule has 2 N–H and O–H groups in total. The summed E-state index contributed by atoms with van der Waals surface area (Å²) in [6, 6.07) is 7.54. The number of hydrogen-bond donors (Lipinski definition) is 2. The Bertz CT molecular complexity index is 1330. The summed E-state index contributed by atoms with van der Waals surface area (Å²) >= 11 is 6.08. The van der Waals surface area contributed by atoms with E-state index in [0.29, 0.717) is 4.68 Å². The molecule has 0 aliphatic heterocycles. The SMILES string of the molecule is Cn1nc(C(F)(F)C(F)(F)F)c(-c2ccc(F)cc2)c1C(=O)Nc1ccc(Cl)c(C(=O)NC2CC2)c1. The quantitative estimate of drug-likeness (QED) is 0.403. The summed E-state index contributed by atoms with van der Waals surface area (Å²) in [7, 11) is 1.02. The Morgan fingerprint density at radius 2 is 1.67 bits per heavy atom. The Balaban J connectivity index is 1.76. The minimum Gasteiger partial charge on any atom is -0.349 e. The van der Waals surface area contributed by atoms with Crippen molar-refractivity contribution in [3.8, 4) is 11.1 Å². The third-order valence-electron chi connectivity index (χ3n) is 5.43. The van der Waals surface area contributed by atoms with Crippen molar-refractivity contribution < 1.29 is 35.9 Å². The molecule has 0 saturated heterocycles. The predicted octanol–water partition coefficient (Wildman–Crippen LogP) is 5.68. The van der Waals surface area contributed by atoms with Crippen LogP contribution in [0, 0.1) is 5.82 Å². The molecule has 1 fully saturated rings. The molecule has 36 heavy (non-hydrogen) atoms. The molecule has 0 atom stereocenters. The van der Waals surface area contributed by atoms with Crippen LogP contribution in [-0.4, -0.2) is 33.8 Å². The third-order valence-corrected chi connectivity index (χ3v) is 5.76. The fourth-order valence-corrected chi connectivity index (χ4v) is 3.69. The van der Waals surface area contributed by atoms with Crippen LogP contribution < -0.4 is 10.6 Å². The maximum absolute atomic E-state index is 14.4. The van der Waals surface area contributed by atoms with Gasteiger partial charge in [-0.15, -0.1) is 0 Å². The van der Waals surface area contributed by atoms with E-state index in [1.807, 2.05) is 0 Å². The molecular weight excluding hydrogens is 514 g/mol. The standard InChI is InChI=1S/C23H17ClF6N4O2/c1-34-18(21(36)32-14-8-9-16(24)15(10-14)20(35)31-13-6-7-13)17(11-2-4-12(25)5-3-11)19(33-34)22(26,27)23(28,29)30/h2-5,8-10,13H,6-7H2,1H3,(H,31,35)(H,32,36). The summed E-state index contributed by atoms with van der Waals surface area (Å²) in [5.41, 5.74) is -3.39. The summed E-state index contributed by atoms with van der Waals surface area (Å²) in [6.07, 6.45) is -4.38. The molecule has 2 amide bonds. The summed E-state index contributed by atoms with van der Waals surface area (Å²) in [6.45, 7) is 0. The van der Waals surface area contributed by atoms with E-state index in [1.165, 1.54) is 18.2 Å². The van der Waals surface area contributed by atoms with E-state index in [0.717, 1.165) is 44.2 Å². The van der Waals surface area contributed by atoms with Crippen LogP contribution in [0.3, 0.4) is 0 Å². The van der Waals surface area contributed by atoms with Gasteiger partial charge in [-0.25, -0.2) is 4.39 Å². The molecular formula is C23H17ClF6N4O2. The van der Waals surface area contributed by atoms with Crippen LogP contribution in [0.15, 0.2) is 42.5 Å². The van der Waals surface area contributed by atoms with Crippen LogP contribution in [0.1, 0.15) is 39.4 Å². The zero-order valence-corrected chi connectivity index (χ0v) is 19.1. The first-order valence-electron chi connectivity index (χ1n) is 10.5. The second-order valence-electron chi connectivity index (χ2n) is 8.17. The number of anilines is 1. The van der Waals surface area contributed by atoms with Crippen molar-refractivity contribution in [3.05, 3.63) is 70.3 Å². The molecule has 13 heteroatoms. The first kappa shape index (κ1) is 25.5. The topological polar surface area (TPSA) is 76.0 Å². The van der Waals surface area contributed by atoms with Gasteiger partial charge in [-0.05, 0) is 48.7 Å². The lowest BCUT2D eigenvalue weighted by atomic mass is 9.99. The summed E-state index contributed by atoms with van der Waals surface area (Å²) in [5.74, 6) is -7.76. The van der Waals surface area contributed by atoms with Gasteiger partial charge in [0.1, 0.15) is 17.2 Å². The molecule has 6 nitrogen and oxygen atoms in total. The lowest BCUT2D eigenvalue weighted by molar-refractivity contribution is -0.290. The Kier molecular flexibility index (Phi) is 6.50. The van der Waals surface area contributed by atoms with E-state index >= 15 is 0 Å². The number of halogens is 7. The predicted molar refractivity (Wildman–Crippen MR) is 118 cm³/mol. The Labute approximate surface area is 205 Å². The number of carbonyl (C=O) groups excluding carboxylic acids is 2. The van der Waals surface area contributed by atoms with Gasteiger partial charge in [0.2, 0.25) is 0 Å². The minimum absolute atomic E-state index is 0.0215. The van der Waals surface area contributed by atoms with Crippen LogP contribution in [0.2, 0.25) is 5.02 Å². The fourth-order valence-electron chi connectivity index (χ4n) is 3.49. The van der Waals surface area contributed by atoms with E-state index in [2.05, 4.69) is 15.7 Å². The molecule has 190 valence electrons. The number of nitrogens with zero attached hydrogens (tertiary/aromatic N) is 2. The number of amides is 2. The second kappa shape index (κ2) is 9.16. The minimum atomic E-state index is -6.01. The van der Waals surface area contributed by atoms with E-state index < -0.39 is 46.7 Å². The van der Waals surface area contributed by atoms with E-state index in [4.69, 9.17) is 11.6 Å². The molecule has 1 aliphatic rings. The zero-order valence-electron chi connectivity index (χ0n) is 18.4. The van der Waals surface area contributed by atoms with Gasteiger partial charge in [0.15, 0.2) is 0 Å². The normalized spacial score (nSPS) is 14.0. The van der Waals surface area contributed by atoms with Gasteiger partial charge in [0.05, 0.1) is 10.6 Å². The van der Waals surface area contributed by atoms with Crippen LogP contribution in [0.5, 0.6) is 0 Å². The van der Waals surface area contributed by atoms with Gasteiger partial charge in [-0.3, -0.25) is 14.3 Å². The second-order valence-corrected chi connectivity index (χ2v) is 8.58. The number of hydrogen-bond acceptors (Lipinski definition) is 3. The number of alkyl halides is 5. The lowest BCUT2D eigenvalue weighted by Gasteiger charge is -2.19. The average Bonchev–Trinajstić information content (AvgIpc) is 3.53. The molecule has 3 aromatic rings. The monoisotopic (exact) mass is 530 g/mol. The maximum Gasteiger partial charge on any atom is 0.459 e. The Morgan fingerprint density at radius 3 is 2.25 bits per heavy atom. The molecule has 1 heterocycles. The maximum atomic E-state index is 14.4. The van der Waals surface area contributed by atoms with Crippen molar-refractivity contribution in [3.63, 3.8) is 0 Å². The molecule has 0 bridgehead atoms. The molecule has 1 aromatic heterocycles. The van der Waals surface area contributed by atoms with E-state index in [9.17, 15) is 35.9 Å². The van der Waals surface area contributed by atoms with Crippen LogP contribution in [0.25, 0.3) is 11.1 Å². The molecule has 1 saturated carbocycles. The molecule has 2 aromatic carbocycles. The van der Waals surface area contributed by atoms with Crippen molar-refractivity contribution in [1.29, 1.82) is 0 Å². The first-order chi connectivity index (χ1) is 16.8. The first-order valence-corrected chi connectivity index (χ1v) is 10.9. The van der Waals surface area contributed by atoms with Crippen molar-refractivity contribution in [1.82, 2.24) is 15.1 Å². The van der Waals surface area contributed by atoms with Crippen LogP contribution in [-0.2, 0) is 13.0 Å². The third kappa shape index (κ3) is 4.90. The van der Waals surface area contributed by atoms with Crippen LogP contribution in [0.4, 0.5) is 32.0 Å². The van der Waals surface area contributed by atoms with E-state index in [-0.39, 0.29) is 27.9 Å². The molecule has 0 unspecified atom stereocenters. The number of rotatable bonds is 6. The average molecular weight is 531 g/mol. The highest BCUT2D eigenvalue weighted by Crippen LogP contribution is 2.47. The van der Waals surface area contributed by atoms with Gasteiger partial charge in [-0.2, -0.15) is 27.1 Å². The van der Waals surface area contributed by atoms with Gasteiger partial charge in [-0.1, -0.05) is 23.7 Å². The van der Waals surface area contributed by atoms with Crippen molar-refractivity contribution in [2.24, 2.45) is 7.05 Å². The molecule has 0 spiro atoms. The highest BCUT2D eigenvalue weighted by Gasteiger charge is 2.62. The number of benzene rings is 2. The van der Waals surface area contributed by atoms with Crippen LogP contribution >= 0.6 is 11.6 Å². The number of aromatic nitrogens is 2. The summed E-state index contributed by atoms with van der Waals surface area (Å²) in [5, 5.41) is 8.51. The molecule has 0 radical (unpaired) electrons. The van der Waals surface area contributed by atoms with Gasteiger partial charge in [0, 0.05) is 24.3 Å².